The van der Waals surface area contributed by atoms with E-state index < -0.39 is 0 Å². The number of benzene rings is 3. The molecule has 0 spiro atoms. The minimum Gasteiger partial charge on any atom is -0.497 e. The van der Waals surface area contributed by atoms with E-state index in [0.717, 1.165) is 33.7 Å². The van der Waals surface area contributed by atoms with Crippen molar-refractivity contribution in [1.29, 1.82) is 0 Å². The Morgan fingerprint density at radius 3 is 2.14 bits per heavy atom. The summed E-state index contributed by atoms with van der Waals surface area (Å²) in [5, 5.41) is 4.99. The molecular weight excluding hydrogens is 442 g/mol. The minimum atomic E-state index is -0.197. The van der Waals surface area contributed by atoms with Gasteiger partial charge in [0.05, 0.1) is 33.1 Å². The van der Waals surface area contributed by atoms with Gasteiger partial charge in [0.1, 0.15) is 17.1 Å². The van der Waals surface area contributed by atoms with Gasteiger partial charge in [-0.25, -0.2) is 4.68 Å². The second kappa shape index (κ2) is 8.83. The van der Waals surface area contributed by atoms with Crippen LogP contribution in [0.4, 0.5) is 0 Å². The summed E-state index contributed by atoms with van der Waals surface area (Å²) in [5.41, 5.74) is 5.49. The highest BCUT2D eigenvalue weighted by molar-refractivity contribution is 6.05. The highest BCUT2D eigenvalue weighted by Gasteiger charge is 2.36. The summed E-state index contributed by atoms with van der Waals surface area (Å²) in [4.78, 5) is 15.7. The Morgan fingerprint density at radius 1 is 0.857 bits per heavy atom. The van der Waals surface area contributed by atoms with Crippen LogP contribution in [0.5, 0.6) is 17.2 Å². The first kappa shape index (κ1) is 22.5. The van der Waals surface area contributed by atoms with Gasteiger partial charge in [-0.3, -0.25) is 4.79 Å². The highest BCUT2D eigenvalue weighted by atomic mass is 16.5. The second-order valence-electron chi connectivity index (χ2n) is 8.43. The number of fused-ring (bicyclic) bond motifs is 3. The minimum absolute atomic E-state index is 0.113. The number of carbonyl (C=O) groups excluding carboxylic acids is 1. The largest absolute Gasteiger partial charge is 0.497 e. The monoisotopic (exact) mass is 469 g/mol. The number of amides is 1. The van der Waals surface area contributed by atoms with Crippen molar-refractivity contribution in [3.63, 3.8) is 0 Å². The van der Waals surface area contributed by atoms with Crippen molar-refractivity contribution in [2.24, 2.45) is 0 Å². The van der Waals surface area contributed by atoms with Crippen molar-refractivity contribution in [2.45, 2.75) is 13.0 Å². The molecule has 0 bridgehead atoms. The van der Waals surface area contributed by atoms with Crippen LogP contribution in [-0.4, -0.2) is 49.0 Å². The maximum absolute atomic E-state index is 13.9. The Balaban J connectivity index is 1.90. The van der Waals surface area contributed by atoms with E-state index >= 15 is 0 Å². The van der Waals surface area contributed by atoms with Gasteiger partial charge in [-0.15, -0.1) is 0 Å². The van der Waals surface area contributed by atoms with Crippen LogP contribution in [0.2, 0.25) is 0 Å². The van der Waals surface area contributed by atoms with Gasteiger partial charge in [0.2, 0.25) is 0 Å². The molecule has 0 aliphatic carbocycles. The third kappa shape index (κ3) is 3.60. The van der Waals surface area contributed by atoms with Gasteiger partial charge in [0.15, 0.2) is 11.5 Å². The Morgan fingerprint density at radius 2 is 1.51 bits per heavy atom. The number of hydrogen-bond donors (Lipinski definition) is 0. The van der Waals surface area contributed by atoms with Gasteiger partial charge in [-0.2, -0.15) is 5.10 Å². The highest BCUT2D eigenvalue weighted by Crippen LogP contribution is 2.47. The zero-order valence-corrected chi connectivity index (χ0v) is 20.4. The number of methoxy groups -OCH3 is 3. The molecule has 0 saturated carbocycles. The molecule has 5 rings (SSSR count). The first-order valence-corrected chi connectivity index (χ1v) is 11.3. The molecule has 35 heavy (non-hydrogen) atoms. The van der Waals surface area contributed by atoms with Crippen LogP contribution in [0, 0.1) is 0 Å². The van der Waals surface area contributed by atoms with Crippen molar-refractivity contribution in [1.82, 2.24) is 14.7 Å². The van der Waals surface area contributed by atoms with E-state index in [1.165, 1.54) is 0 Å². The summed E-state index contributed by atoms with van der Waals surface area (Å²) >= 11 is 0. The number of hydrogen-bond acceptors (Lipinski definition) is 5. The molecule has 4 aromatic rings. The van der Waals surface area contributed by atoms with Gasteiger partial charge < -0.3 is 19.1 Å². The SMILES string of the molecule is COc1ccc(-c2nn(-c3ccccc3)c3c2-c2cc(OC)c(OC)cc2C(C)N(C)C3=O)cc1. The Bertz CT molecular complexity index is 1390. The fourth-order valence-corrected chi connectivity index (χ4v) is 4.59. The summed E-state index contributed by atoms with van der Waals surface area (Å²) in [6.45, 7) is 2.02. The molecule has 1 amide bonds. The first-order valence-electron chi connectivity index (χ1n) is 11.3. The molecule has 2 heterocycles. The zero-order chi connectivity index (χ0) is 24.7. The van der Waals surface area contributed by atoms with E-state index in [2.05, 4.69) is 0 Å². The Hall–Kier alpha value is -4.26. The molecular formula is C28H27N3O4. The number of nitrogens with zero attached hydrogens (tertiary/aromatic N) is 3. The Labute approximate surface area is 204 Å². The zero-order valence-electron chi connectivity index (χ0n) is 20.4. The van der Waals surface area contributed by atoms with Crippen LogP contribution < -0.4 is 14.2 Å². The predicted molar refractivity (Wildman–Crippen MR) is 135 cm³/mol. The first-order chi connectivity index (χ1) is 17.0. The van der Waals surface area contributed by atoms with E-state index in [0.29, 0.717) is 22.9 Å². The lowest BCUT2D eigenvalue weighted by Gasteiger charge is -2.25. The molecule has 3 aromatic carbocycles. The third-order valence-electron chi connectivity index (χ3n) is 6.63. The van der Waals surface area contributed by atoms with E-state index in [4.69, 9.17) is 19.3 Å². The summed E-state index contributed by atoms with van der Waals surface area (Å²) < 4.78 is 18.3. The lowest BCUT2D eigenvalue weighted by Crippen LogP contribution is -2.30. The van der Waals surface area contributed by atoms with Gasteiger partial charge in [-0.05, 0) is 66.6 Å². The van der Waals surface area contributed by atoms with Gasteiger partial charge in [0.25, 0.3) is 5.91 Å². The standard InChI is InChI=1S/C28H27N3O4/c1-17-21-15-23(34-4)24(35-5)16-22(21)25-26(18-11-13-20(33-3)14-12-18)29-31(19-9-7-6-8-10-19)27(25)28(32)30(17)2/h6-17H,1-5H3. The van der Waals surface area contributed by atoms with Crippen LogP contribution in [0.1, 0.15) is 29.0 Å². The summed E-state index contributed by atoms with van der Waals surface area (Å²) in [7, 11) is 6.68. The molecule has 1 unspecified atom stereocenters. The van der Waals surface area contributed by atoms with Crippen LogP contribution in [-0.2, 0) is 0 Å². The van der Waals surface area contributed by atoms with E-state index in [9.17, 15) is 4.79 Å². The molecule has 0 saturated heterocycles. The molecule has 1 atom stereocenters. The lowest BCUT2D eigenvalue weighted by molar-refractivity contribution is 0.0737. The summed E-state index contributed by atoms with van der Waals surface area (Å²) in [6, 6.07) is 21.1. The fraction of sp³-hybridized carbons (Fsp3) is 0.214. The molecule has 7 heteroatoms. The third-order valence-corrected chi connectivity index (χ3v) is 6.63. The number of rotatable bonds is 5. The van der Waals surface area contributed by atoms with Crippen molar-refractivity contribution >= 4 is 5.91 Å². The summed E-state index contributed by atoms with van der Waals surface area (Å²) in [5.74, 6) is 1.84. The van der Waals surface area contributed by atoms with Crippen LogP contribution in [0.25, 0.3) is 28.1 Å². The molecule has 0 radical (unpaired) electrons. The molecule has 0 N–H and O–H groups in total. The molecule has 1 aromatic heterocycles. The molecule has 178 valence electrons. The second-order valence-corrected chi connectivity index (χ2v) is 8.43. The topological polar surface area (TPSA) is 65.8 Å². The lowest BCUT2D eigenvalue weighted by atomic mass is 9.92. The van der Waals surface area contributed by atoms with Crippen LogP contribution >= 0.6 is 0 Å². The van der Waals surface area contributed by atoms with Crippen LogP contribution in [0.15, 0.2) is 66.7 Å². The van der Waals surface area contributed by atoms with Gasteiger partial charge in [0, 0.05) is 18.2 Å². The normalized spacial score (nSPS) is 14.7. The summed E-state index contributed by atoms with van der Waals surface area (Å²) in [6.07, 6.45) is 0. The van der Waals surface area contributed by atoms with Crippen molar-refractivity contribution in [3.05, 3.63) is 78.0 Å². The van der Waals surface area contributed by atoms with E-state index in [1.807, 2.05) is 80.7 Å². The molecule has 1 aliphatic heterocycles. The number of aromatic nitrogens is 2. The van der Waals surface area contributed by atoms with Gasteiger partial charge in [-0.1, -0.05) is 18.2 Å². The van der Waals surface area contributed by atoms with Crippen molar-refractivity contribution in [3.8, 4) is 45.3 Å². The fourth-order valence-electron chi connectivity index (χ4n) is 4.59. The smallest absolute Gasteiger partial charge is 0.273 e. The molecule has 1 aliphatic rings. The van der Waals surface area contributed by atoms with Crippen LogP contribution in [0.3, 0.4) is 0 Å². The molecule has 7 nitrogen and oxygen atoms in total. The van der Waals surface area contributed by atoms with Crippen molar-refractivity contribution < 1.29 is 19.0 Å². The number of ether oxygens (including phenoxy) is 3. The van der Waals surface area contributed by atoms with E-state index in [1.54, 1.807) is 30.9 Å². The number of carbonyl (C=O) groups is 1. The maximum Gasteiger partial charge on any atom is 0.273 e. The van der Waals surface area contributed by atoms with E-state index in [-0.39, 0.29) is 11.9 Å². The van der Waals surface area contributed by atoms with Crippen molar-refractivity contribution in [2.75, 3.05) is 28.4 Å². The average Bonchev–Trinajstić information content (AvgIpc) is 3.29. The quantitative estimate of drug-likeness (QED) is 0.393. The van der Waals surface area contributed by atoms with Gasteiger partial charge >= 0.3 is 0 Å². The predicted octanol–water partition coefficient (Wildman–Crippen LogP) is 5.38. The average molecular weight is 470 g/mol. The molecule has 0 fully saturated rings. The maximum atomic E-state index is 13.9. The Kier molecular flexibility index (Phi) is 5.68. The number of para-hydroxylation sites is 1.